The van der Waals surface area contributed by atoms with Gasteiger partial charge < -0.3 is 29.9 Å². The second-order valence-electron chi connectivity index (χ2n) is 11.5. The Kier molecular flexibility index (Phi) is 9.14. The number of aromatic nitrogens is 8. The molecule has 15 nitrogen and oxygen atoms in total. The quantitative estimate of drug-likeness (QED) is 0.128. The zero-order valence-corrected chi connectivity index (χ0v) is 25.7. The van der Waals surface area contributed by atoms with Gasteiger partial charge in [-0.05, 0) is 22.3 Å². The summed E-state index contributed by atoms with van der Waals surface area (Å²) in [7, 11) is 1.59. The van der Waals surface area contributed by atoms with Crippen molar-refractivity contribution < 1.29 is 24.5 Å². The Bertz CT molecular complexity index is 1710. The van der Waals surface area contributed by atoms with E-state index in [0.29, 0.717) is 30.1 Å². The van der Waals surface area contributed by atoms with Crippen LogP contribution in [-0.2, 0) is 21.3 Å². The van der Waals surface area contributed by atoms with Crippen molar-refractivity contribution in [2.75, 3.05) is 30.0 Å². The van der Waals surface area contributed by atoms with Gasteiger partial charge in [0.15, 0.2) is 35.4 Å². The van der Waals surface area contributed by atoms with Crippen LogP contribution in [0.15, 0.2) is 67.0 Å². The van der Waals surface area contributed by atoms with Crippen LogP contribution in [0.4, 0.5) is 11.8 Å². The molecule has 6 rings (SSSR count). The number of ether oxygens (including phenoxy) is 2. The Labute approximate surface area is 264 Å². The lowest BCUT2D eigenvalue weighted by Gasteiger charge is -2.24. The molecular weight excluding hydrogens is 592 g/mol. The summed E-state index contributed by atoms with van der Waals surface area (Å²) in [6, 6.07) is 20.4. The number of carbonyl (C=O) groups excluding carboxylic acids is 1. The van der Waals surface area contributed by atoms with Crippen LogP contribution in [0.3, 0.4) is 0 Å². The van der Waals surface area contributed by atoms with Gasteiger partial charge in [0.25, 0.3) is 6.47 Å². The molecule has 3 aromatic heterocycles. The fraction of sp³-hybridized carbons (Fsp3) is 0.387. The maximum absolute atomic E-state index is 11.4. The summed E-state index contributed by atoms with van der Waals surface area (Å²) in [6.07, 6.45) is -3.02. The minimum Gasteiger partial charge on any atom is -0.458 e. The molecule has 1 saturated heterocycles. The summed E-state index contributed by atoms with van der Waals surface area (Å²) in [5, 5.41) is 37.2. The van der Waals surface area contributed by atoms with Gasteiger partial charge in [-0.15, -0.1) is 10.2 Å². The van der Waals surface area contributed by atoms with Crippen molar-refractivity contribution in [1.29, 1.82) is 0 Å². The number of rotatable bonds is 13. The molecular formula is C31H36N10O5. The number of aliphatic hydroxyl groups excluding tert-OH is 2. The van der Waals surface area contributed by atoms with Crippen LogP contribution >= 0.6 is 0 Å². The number of carbonyl (C=O) groups is 1. The average molecular weight is 629 g/mol. The Hall–Kier alpha value is -4.99. The zero-order valence-electron chi connectivity index (χ0n) is 25.7. The molecule has 5 aromatic rings. The van der Waals surface area contributed by atoms with Crippen LogP contribution in [0, 0.1) is 5.92 Å². The molecule has 3 N–H and O–H groups in total. The third-order valence-electron chi connectivity index (χ3n) is 7.80. The highest BCUT2D eigenvalue weighted by atomic mass is 16.6. The van der Waals surface area contributed by atoms with Crippen molar-refractivity contribution in [3.05, 3.63) is 83.9 Å². The molecule has 1 aliphatic heterocycles. The first-order valence-corrected chi connectivity index (χ1v) is 15.0. The summed E-state index contributed by atoms with van der Waals surface area (Å²) < 4.78 is 13.0. The molecule has 15 heteroatoms. The van der Waals surface area contributed by atoms with Crippen LogP contribution < -0.4 is 10.2 Å². The van der Waals surface area contributed by atoms with Crippen LogP contribution in [0.1, 0.15) is 49.0 Å². The predicted octanol–water partition coefficient (Wildman–Crippen LogP) is 2.18. The maximum atomic E-state index is 11.4. The molecule has 240 valence electrons. The monoisotopic (exact) mass is 628 g/mol. The van der Waals surface area contributed by atoms with Gasteiger partial charge >= 0.3 is 0 Å². The molecule has 0 saturated carbocycles. The van der Waals surface area contributed by atoms with E-state index in [4.69, 9.17) is 19.4 Å². The van der Waals surface area contributed by atoms with E-state index in [1.807, 2.05) is 50.2 Å². The molecule has 0 radical (unpaired) electrons. The molecule has 0 spiro atoms. The number of aliphatic hydroxyl groups is 2. The van der Waals surface area contributed by atoms with E-state index in [1.165, 1.54) is 11.1 Å². The van der Waals surface area contributed by atoms with Crippen molar-refractivity contribution in [2.24, 2.45) is 13.0 Å². The maximum Gasteiger partial charge on any atom is 0.293 e. The number of imidazole rings is 1. The topological polar surface area (TPSA) is 178 Å². The summed E-state index contributed by atoms with van der Waals surface area (Å²) in [4.78, 5) is 28.5. The number of hydrogen-bond acceptors (Lipinski definition) is 13. The number of fused-ring (bicyclic) bond motifs is 1. The summed E-state index contributed by atoms with van der Waals surface area (Å²) in [6.45, 7) is 4.97. The Morgan fingerprint density at radius 2 is 1.78 bits per heavy atom. The number of anilines is 2. The van der Waals surface area contributed by atoms with Gasteiger partial charge in [0.2, 0.25) is 11.8 Å². The Balaban J connectivity index is 1.40. The predicted molar refractivity (Wildman–Crippen MR) is 166 cm³/mol. The van der Waals surface area contributed by atoms with Crippen LogP contribution in [0.2, 0.25) is 0 Å². The fourth-order valence-corrected chi connectivity index (χ4v) is 5.71. The third-order valence-corrected chi connectivity index (χ3v) is 7.80. The van der Waals surface area contributed by atoms with Gasteiger partial charge in [0.1, 0.15) is 12.8 Å². The van der Waals surface area contributed by atoms with Gasteiger partial charge in [-0.25, -0.2) is 4.98 Å². The van der Waals surface area contributed by atoms with Crippen molar-refractivity contribution >= 4 is 29.4 Å². The highest BCUT2D eigenvalue weighted by Crippen LogP contribution is 2.40. The van der Waals surface area contributed by atoms with E-state index >= 15 is 0 Å². The average Bonchev–Trinajstić information content (AvgIpc) is 3.78. The largest absolute Gasteiger partial charge is 0.458 e. The van der Waals surface area contributed by atoms with Crippen molar-refractivity contribution in [3.8, 4) is 0 Å². The molecule has 46 heavy (non-hydrogen) atoms. The second-order valence-corrected chi connectivity index (χ2v) is 11.5. The number of nitrogens with one attached hydrogen (secondary N) is 1. The van der Waals surface area contributed by atoms with Gasteiger partial charge in [-0.1, -0.05) is 74.5 Å². The van der Waals surface area contributed by atoms with Gasteiger partial charge in [0, 0.05) is 19.0 Å². The van der Waals surface area contributed by atoms with Gasteiger partial charge in [0.05, 0.1) is 13.4 Å². The molecule has 4 atom stereocenters. The summed E-state index contributed by atoms with van der Waals surface area (Å²) >= 11 is 0. The molecule has 0 amide bonds. The first-order chi connectivity index (χ1) is 22.4. The molecule has 1 fully saturated rings. The number of hydrogen-bond donors (Lipinski definition) is 3. The first kappa shape index (κ1) is 31.0. The lowest BCUT2D eigenvalue weighted by atomic mass is 9.91. The van der Waals surface area contributed by atoms with E-state index in [1.54, 1.807) is 16.5 Å². The van der Waals surface area contributed by atoms with Crippen LogP contribution in [0.5, 0.6) is 0 Å². The molecule has 0 bridgehead atoms. The van der Waals surface area contributed by atoms with Gasteiger partial charge in [-0.3, -0.25) is 9.36 Å². The minimum atomic E-state index is -1.32. The second kappa shape index (κ2) is 13.6. The summed E-state index contributed by atoms with van der Waals surface area (Å²) in [5.74, 6) is 1.05. The zero-order chi connectivity index (χ0) is 32.2. The number of benzene rings is 2. The van der Waals surface area contributed by atoms with E-state index in [9.17, 15) is 15.0 Å². The smallest absolute Gasteiger partial charge is 0.293 e. The normalized spacial score (nSPS) is 19.6. The molecule has 1 aliphatic rings. The van der Waals surface area contributed by atoms with E-state index in [2.05, 4.69) is 50.0 Å². The van der Waals surface area contributed by atoms with Crippen molar-refractivity contribution in [1.82, 2.24) is 39.7 Å². The standard InChI is InChI=1S/C31H36N10O5/c1-19(2)15-40(17-42)31-34-27(32-14-22(20-10-6-4-7-11-20)21-12-8-5-9-13-21)23-29(35-31)41(16-33-23)30-24(44)25(45-18-43)26(46-30)28-36-38-39(3)37-28/h4-13,16,18-19,22,24-26,30,42,44H,14-15,17H2,1-3H3,(H,32,34,35)/t24-,25+,26+,30-/m1/s1. The highest BCUT2D eigenvalue weighted by molar-refractivity contribution is 5.84. The Morgan fingerprint density at radius 1 is 1.09 bits per heavy atom. The third kappa shape index (κ3) is 6.24. The van der Waals surface area contributed by atoms with Crippen LogP contribution in [0.25, 0.3) is 11.2 Å². The van der Waals surface area contributed by atoms with Crippen LogP contribution in [-0.4, -0.2) is 88.4 Å². The Morgan fingerprint density at radius 3 is 2.37 bits per heavy atom. The van der Waals surface area contributed by atoms with E-state index in [-0.39, 0.29) is 36.8 Å². The SMILES string of the molecule is CC(C)CN(CO)c1nc(NCC(c2ccccc2)c2ccccc2)c2ncn([C@@H]3O[C@H](c4nnn(C)n4)[C@@H](OC=O)[C@H]3O)c2n1. The lowest BCUT2D eigenvalue weighted by molar-refractivity contribution is -0.140. The minimum absolute atomic E-state index is 0.0102. The highest BCUT2D eigenvalue weighted by Gasteiger charge is 2.49. The lowest BCUT2D eigenvalue weighted by Crippen LogP contribution is -2.32. The van der Waals surface area contributed by atoms with E-state index < -0.39 is 24.5 Å². The van der Waals surface area contributed by atoms with Crippen molar-refractivity contribution in [3.63, 3.8) is 0 Å². The molecule has 0 unspecified atom stereocenters. The molecule has 0 aliphatic carbocycles. The first-order valence-electron chi connectivity index (χ1n) is 15.0. The van der Waals surface area contributed by atoms with Gasteiger partial charge in [-0.2, -0.15) is 14.8 Å². The van der Waals surface area contributed by atoms with Crippen molar-refractivity contribution in [2.45, 2.75) is 44.3 Å². The molecule has 4 heterocycles. The molecule has 2 aromatic carbocycles. The number of tetrazole rings is 1. The number of aryl methyl sites for hydroxylation is 1. The fourth-order valence-electron chi connectivity index (χ4n) is 5.71. The summed E-state index contributed by atoms with van der Waals surface area (Å²) in [5.41, 5.74) is 3.02. The number of nitrogens with zero attached hydrogens (tertiary/aromatic N) is 9. The van der Waals surface area contributed by atoms with E-state index in [0.717, 1.165) is 11.1 Å².